The van der Waals surface area contributed by atoms with E-state index in [1.807, 2.05) is 24.3 Å². The smallest absolute Gasteiger partial charge is 0.250 e. The summed E-state index contributed by atoms with van der Waals surface area (Å²) >= 11 is 0. The van der Waals surface area contributed by atoms with Crippen LogP contribution in [-0.4, -0.2) is 16.7 Å². The summed E-state index contributed by atoms with van der Waals surface area (Å²) in [4.78, 5) is 4.30. The molecule has 2 aromatic rings. The molecule has 0 fully saturated rings. The van der Waals surface area contributed by atoms with Gasteiger partial charge in [-0.25, -0.2) is 0 Å². The Labute approximate surface area is 98.9 Å². The maximum Gasteiger partial charge on any atom is 0.250 e. The molecule has 1 unspecified atom stereocenters. The van der Waals surface area contributed by atoms with Crippen molar-refractivity contribution in [3.05, 3.63) is 48.1 Å². The Bertz CT molecular complexity index is 548. The molecule has 0 aliphatic carbocycles. The molecule has 0 N–H and O–H groups in total. The quantitative estimate of drug-likeness (QED) is 0.792. The minimum Gasteiger partial charge on any atom is -0.493 e. The van der Waals surface area contributed by atoms with Crippen molar-refractivity contribution in [3.8, 4) is 5.75 Å². The summed E-state index contributed by atoms with van der Waals surface area (Å²) in [6.07, 6.45) is 2.43. The van der Waals surface area contributed by atoms with Crippen molar-refractivity contribution in [1.82, 2.24) is 10.1 Å². The standard InChI is InChI=1S/C13H12N2O2/c1-2-12-14-13(15-17-12)10-7-8-16-11-6-4-3-5-9(10)11/h2-6,10H,1,7-8H2. The van der Waals surface area contributed by atoms with Crippen LogP contribution in [0.5, 0.6) is 5.75 Å². The number of para-hydroxylation sites is 1. The van der Waals surface area contributed by atoms with E-state index in [1.54, 1.807) is 6.08 Å². The van der Waals surface area contributed by atoms with Crippen LogP contribution in [0.3, 0.4) is 0 Å². The van der Waals surface area contributed by atoms with Crippen LogP contribution in [0.15, 0.2) is 35.4 Å². The second-order valence-electron chi connectivity index (χ2n) is 3.92. The summed E-state index contributed by atoms with van der Waals surface area (Å²) in [5.74, 6) is 2.23. The van der Waals surface area contributed by atoms with E-state index in [0.717, 1.165) is 17.7 Å². The summed E-state index contributed by atoms with van der Waals surface area (Å²) in [6, 6.07) is 7.97. The van der Waals surface area contributed by atoms with Gasteiger partial charge in [-0.05, 0) is 18.6 Å². The van der Waals surface area contributed by atoms with E-state index in [0.29, 0.717) is 18.3 Å². The number of fused-ring (bicyclic) bond motifs is 1. The Morgan fingerprint density at radius 1 is 1.35 bits per heavy atom. The van der Waals surface area contributed by atoms with Crippen LogP contribution < -0.4 is 4.74 Å². The molecule has 0 radical (unpaired) electrons. The molecule has 0 saturated heterocycles. The summed E-state index contributed by atoms with van der Waals surface area (Å²) in [5, 5.41) is 4.00. The number of ether oxygens (including phenoxy) is 1. The lowest BCUT2D eigenvalue weighted by atomic mass is 9.92. The minimum atomic E-state index is 0.150. The third-order valence-electron chi connectivity index (χ3n) is 2.90. The molecule has 4 nitrogen and oxygen atoms in total. The first kappa shape index (κ1) is 10.1. The Morgan fingerprint density at radius 2 is 2.24 bits per heavy atom. The van der Waals surface area contributed by atoms with Gasteiger partial charge < -0.3 is 9.26 Å². The van der Waals surface area contributed by atoms with Crippen LogP contribution in [-0.2, 0) is 0 Å². The third kappa shape index (κ3) is 1.71. The zero-order valence-electron chi connectivity index (χ0n) is 9.30. The Hall–Kier alpha value is -2.10. The Balaban J connectivity index is 2.02. The number of benzene rings is 1. The van der Waals surface area contributed by atoms with Gasteiger partial charge in [0.2, 0.25) is 5.89 Å². The van der Waals surface area contributed by atoms with E-state index in [1.165, 1.54) is 0 Å². The van der Waals surface area contributed by atoms with Crippen LogP contribution in [0.1, 0.15) is 29.6 Å². The molecule has 0 bridgehead atoms. The lowest BCUT2D eigenvalue weighted by Crippen LogP contribution is -2.16. The number of hydrogen-bond acceptors (Lipinski definition) is 4. The molecular formula is C13H12N2O2. The largest absolute Gasteiger partial charge is 0.493 e. The number of nitrogens with zero attached hydrogens (tertiary/aromatic N) is 2. The first-order valence-corrected chi connectivity index (χ1v) is 5.56. The molecule has 2 heterocycles. The van der Waals surface area contributed by atoms with Crippen molar-refractivity contribution < 1.29 is 9.26 Å². The topological polar surface area (TPSA) is 48.2 Å². The van der Waals surface area contributed by atoms with Crippen molar-refractivity contribution in [1.29, 1.82) is 0 Å². The van der Waals surface area contributed by atoms with Crippen LogP contribution in [0.2, 0.25) is 0 Å². The van der Waals surface area contributed by atoms with Crippen molar-refractivity contribution in [2.75, 3.05) is 6.61 Å². The second kappa shape index (κ2) is 4.05. The van der Waals surface area contributed by atoms with Gasteiger partial charge >= 0.3 is 0 Å². The predicted molar refractivity (Wildman–Crippen MR) is 62.8 cm³/mol. The van der Waals surface area contributed by atoms with Crippen LogP contribution in [0.25, 0.3) is 6.08 Å². The first-order chi connectivity index (χ1) is 8.38. The fraction of sp³-hybridized carbons (Fsp3) is 0.231. The van der Waals surface area contributed by atoms with E-state index in [4.69, 9.17) is 9.26 Å². The van der Waals surface area contributed by atoms with Gasteiger partial charge in [-0.2, -0.15) is 4.98 Å². The van der Waals surface area contributed by atoms with Crippen molar-refractivity contribution in [3.63, 3.8) is 0 Å². The fourth-order valence-electron chi connectivity index (χ4n) is 2.08. The molecule has 3 rings (SSSR count). The molecule has 0 amide bonds. The second-order valence-corrected chi connectivity index (χ2v) is 3.92. The Morgan fingerprint density at radius 3 is 3.06 bits per heavy atom. The molecule has 1 aliphatic rings. The highest BCUT2D eigenvalue weighted by molar-refractivity contribution is 5.41. The van der Waals surface area contributed by atoms with Gasteiger partial charge in [0.05, 0.1) is 12.5 Å². The molecule has 1 aromatic heterocycles. The number of rotatable bonds is 2. The van der Waals surface area contributed by atoms with Crippen LogP contribution in [0, 0.1) is 0 Å². The molecule has 86 valence electrons. The predicted octanol–water partition coefficient (Wildman–Crippen LogP) is 2.63. The average molecular weight is 228 g/mol. The van der Waals surface area contributed by atoms with Gasteiger partial charge in [-0.1, -0.05) is 29.9 Å². The van der Waals surface area contributed by atoms with E-state index in [2.05, 4.69) is 16.7 Å². The van der Waals surface area contributed by atoms with Gasteiger partial charge in [0.1, 0.15) is 5.75 Å². The van der Waals surface area contributed by atoms with Crippen molar-refractivity contribution in [2.24, 2.45) is 0 Å². The van der Waals surface area contributed by atoms with Crippen molar-refractivity contribution >= 4 is 6.08 Å². The summed E-state index contributed by atoms with van der Waals surface area (Å²) in [5.41, 5.74) is 1.12. The van der Waals surface area contributed by atoms with E-state index in [-0.39, 0.29) is 5.92 Å². The molecular weight excluding hydrogens is 216 g/mol. The maximum atomic E-state index is 5.60. The molecule has 1 aromatic carbocycles. The van der Waals surface area contributed by atoms with Crippen LogP contribution >= 0.6 is 0 Å². The molecule has 4 heteroatoms. The van der Waals surface area contributed by atoms with Crippen LogP contribution in [0.4, 0.5) is 0 Å². The third-order valence-corrected chi connectivity index (χ3v) is 2.90. The molecule has 17 heavy (non-hydrogen) atoms. The first-order valence-electron chi connectivity index (χ1n) is 5.56. The Kier molecular flexibility index (Phi) is 2.40. The van der Waals surface area contributed by atoms with Gasteiger partial charge in [0.25, 0.3) is 0 Å². The van der Waals surface area contributed by atoms with Crippen molar-refractivity contribution in [2.45, 2.75) is 12.3 Å². The summed E-state index contributed by atoms with van der Waals surface area (Å²) in [6.45, 7) is 4.29. The fourth-order valence-corrected chi connectivity index (χ4v) is 2.08. The molecule has 0 spiro atoms. The van der Waals surface area contributed by atoms with Gasteiger partial charge in [-0.15, -0.1) is 0 Å². The summed E-state index contributed by atoms with van der Waals surface area (Å²) in [7, 11) is 0. The van der Waals surface area contributed by atoms with E-state index >= 15 is 0 Å². The van der Waals surface area contributed by atoms with Gasteiger partial charge in [-0.3, -0.25) is 0 Å². The highest BCUT2D eigenvalue weighted by Crippen LogP contribution is 2.36. The SMILES string of the molecule is C=Cc1nc(C2CCOc3ccccc32)no1. The van der Waals surface area contributed by atoms with E-state index < -0.39 is 0 Å². The highest BCUT2D eigenvalue weighted by atomic mass is 16.5. The average Bonchev–Trinajstić information content (AvgIpc) is 2.87. The summed E-state index contributed by atoms with van der Waals surface area (Å²) < 4.78 is 10.7. The molecule has 0 saturated carbocycles. The van der Waals surface area contributed by atoms with E-state index in [9.17, 15) is 0 Å². The number of aromatic nitrogens is 2. The lowest BCUT2D eigenvalue weighted by molar-refractivity contribution is 0.272. The van der Waals surface area contributed by atoms with Gasteiger partial charge in [0.15, 0.2) is 5.82 Å². The lowest BCUT2D eigenvalue weighted by Gasteiger charge is -2.23. The maximum absolute atomic E-state index is 5.60. The monoisotopic (exact) mass is 228 g/mol. The normalized spacial score (nSPS) is 18.2. The number of hydrogen-bond donors (Lipinski definition) is 0. The highest BCUT2D eigenvalue weighted by Gasteiger charge is 2.26. The minimum absolute atomic E-state index is 0.150. The molecule has 1 aliphatic heterocycles. The zero-order valence-corrected chi connectivity index (χ0v) is 9.30. The zero-order chi connectivity index (χ0) is 11.7. The molecule has 1 atom stereocenters. The van der Waals surface area contributed by atoms with Gasteiger partial charge in [0, 0.05) is 5.56 Å².